The smallest absolute Gasteiger partial charge is 0.255 e. The molecule has 1 fully saturated rings. The zero-order valence-electron chi connectivity index (χ0n) is 9.24. The van der Waals surface area contributed by atoms with Crippen molar-refractivity contribution in [3.05, 3.63) is 33.4 Å². The molecule has 0 aromatic heterocycles. The standard InChI is InChI=1S/C12H15IN2O/c1-9-8-14-6-7-15(9)12(16)10-4-2-3-5-11(10)13/h2-5,9,14H,6-8H2,1H3/t9-/m1/s1. The van der Waals surface area contributed by atoms with Gasteiger partial charge in [0.15, 0.2) is 0 Å². The Kier molecular flexibility index (Phi) is 3.81. The molecule has 16 heavy (non-hydrogen) atoms. The second kappa shape index (κ2) is 5.14. The van der Waals surface area contributed by atoms with E-state index in [1.807, 2.05) is 29.2 Å². The zero-order chi connectivity index (χ0) is 11.5. The highest BCUT2D eigenvalue weighted by molar-refractivity contribution is 14.1. The van der Waals surface area contributed by atoms with E-state index in [0.717, 1.165) is 28.8 Å². The molecule has 1 heterocycles. The number of carbonyl (C=O) groups is 1. The van der Waals surface area contributed by atoms with E-state index in [1.54, 1.807) is 0 Å². The van der Waals surface area contributed by atoms with Crippen LogP contribution in [0.2, 0.25) is 0 Å². The van der Waals surface area contributed by atoms with Gasteiger partial charge in [0.1, 0.15) is 0 Å². The zero-order valence-corrected chi connectivity index (χ0v) is 11.4. The van der Waals surface area contributed by atoms with Crippen LogP contribution in [0.15, 0.2) is 24.3 Å². The Morgan fingerprint density at radius 2 is 2.25 bits per heavy atom. The molecule has 0 saturated carbocycles. The van der Waals surface area contributed by atoms with Crippen molar-refractivity contribution in [3.63, 3.8) is 0 Å². The van der Waals surface area contributed by atoms with E-state index in [0.29, 0.717) is 0 Å². The topological polar surface area (TPSA) is 32.3 Å². The molecule has 86 valence electrons. The van der Waals surface area contributed by atoms with Crippen LogP contribution in [-0.2, 0) is 0 Å². The van der Waals surface area contributed by atoms with Crippen molar-refractivity contribution in [2.45, 2.75) is 13.0 Å². The summed E-state index contributed by atoms with van der Waals surface area (Å²) in [6.07, 6.45) is 0. The quantitative estimate of drug-likeness (QED) is 0.796. The van der Waals surface area contributed by atoms with Gasteiger partial charge in [0.2, 0.25) is 0 Å². The Balaban J connectivity index is 2.21. The van der Waals surface area contributed by atoms with Crippen LogP contribution in [-0.4, -0.2) is 36.5 Å². The molecule has 0 unspecified atom stereocenters. The molecule has 2 rings (SSSR count). The molecule has 1 N–H and O–H groups in total. The summed E-state index contributed by atoms with van der Waals surface area (Å²) in [6, 6.07) is 8.03. The summed E-state index contributed by atoms with van der Waals surface area (Å²) in [5.74, 6) is 0.152. The van der Waals surface area contributed by atoms with Gasteiger partial charge in [-0.2, -0.15) is 0 Å². The summed E-state index contributed by atoms with van der Waals surface area (Å²) in [7, 11) is 0. The predicted molar refractivity (Wildman–Crippen MR) is 72.5 cm³/mol. The molecule has 1 aliphatic heterocycles. The Hall–Kier alpha value is -0.620. The van der Waals surface area contributed by atoms with E-state index in [4.69, 9.17) is 0 Å². The highest BCUT2D eigenvalue weighted by Crippen LogP contribution is 2.16. The van der Waals surface area contributed by atoms with Crippen molar-refractivity contribution in [1.29, 1.82) is 0 Å². The lowest BCUT2D eigenvalue weighted by atomic mass is 10.1. The summed E-state index contributed by atoms with van der Waals surface area (Å²) < 4.78 is 1.02. The lowest BCUT2D eigenvalue weighted by molar-refractivity contribution is 0.0654. The fourth-order valence-electron chi connectivity index (χ4n) is 1.93. The number of nitrogens with zero attached hydrogens (tertiary/aromatic N) is 1. The van der Waals surface area contributed by atoms with E-state index in [1.165, 1.54) is 0 Å². The molecule has 1 atom stereocenters. The average molecular weight is 330 g/mol. The van der Waals surface area contributed by atoms with Gasteiger partial charge in [-0.15, -0.1) is 0 Å². The molecular weight excluding hydrogens is 315 g/mol. The molecule has 0 aliphatic carbocycles. The van der Waals surface area contributed by atoms with E-state index in [2.05, 4.69) is 34.8 Å². The number of nitrogens with one attached hydrogen (secondary N) is 1. The van der Waals surface area contributed by atoms with Gasteiger partial charge in [-0.25, -0.2) is 0 Å². The van der Waals surface area contributed by atoms with Gasteiger partial charge in [-0.3, -0.25) is 4.79 Å². The van der Waals surface area contributed by atoms with Crippen LogP contribution in [0.3, 0.4) is 0 Å². The van der Waals surface area contributed by atoms with Crippen LogP contribution in [0.25, 0.3) is 0 Å². The normalized spacial score (nSPS) is 20.9. The van der Waals surface area contributed by atoms with E-state index >= 15 is 0 Å². The van der Waals surface area contributed by atoms with E-state index in [9.17, 15) is 4.79 Å². The third-order valence-corrected chi connectivity index (χ3v) is 3.81. The summed E-state index contributed by atoms with van der Waals surface area (Å²) in [5.41, 5.74) is 0.817. The molecule has 1 amide bonds. The summed E-state index contributed by atoms with van der Waals surface area (Å²) in [4.78, 5) is 14.3. The third kappa shape index (κ3) is 2.38. The van der Waals surface area contributed by atoms with Crippen LogP contribution >= 0.6 is 22.6 Å². The number of amides is 1. The van der Waals surface area contributed by atoms with Gasteiger partial charge in [0.25, 0.3) is 5.91 Å². The second-order valence-corrected chi connectivity index (χ2v) is 5.19. The van der Waals surface area contributed by atoms with Gasteiger partial charge in [0.05, 0.1) is 5.56 Å². The van der Waals surface area contributed by atoms with Gasteiger partial charge >= 0.3 is 0 Å². The van der Waals surface area contributed by atoms with Crippen molar-refractivity contribution < 1.29 is 4.79 Å². The largest absolute Gasteiger partial charge is 0.333 e. The monoisotopic (exact) mass is 330 g/mol. The molecule has 4 heteroatoms. The van der Waals surface area contributed by atoms with Crippen molar-refractivity contribution >= 4 is 28.5 Å². The molecule has 1 saturated heterocycles. The van der Waals surface area contributed by atoms with Gasteiger partial charge in [-0.1, -0.05) is 12.1 Å². The number of carbonyl (C=O) groups excluding carboxylic acids is 1. The average Bonchev–Trinajstić information content (AvgIpc) is 2.29. The molecule has 0 spiro atoms. The molecule has 0 bridgehead atoms. The lowest BCUT2D eigenvalue weighted by Crippen LogP contribution is -2.52. The first kappa shape index (κ1) is 11.9. The fraction of sp³-hybridized carbons (Fsp3) is 0.417. The maximum Gasteiger partial charge on any atom is 0.255 e. The Labute approximate surface area is 109 Å². The Morgan fingerprint density at radius 3 is 2.94 bits per heavy atom. The van der Waals surface area contributed by atoms with E-state index < -0.39 is 0 Å². The van der Waals surface area contributed by atoms with Crippen molar-refractivity contribution in [2.75, 3.05) is 19.6 Å². The Morgan fingerprint density at radius 1 is 1.50 bits per heavy atom. The molecule has 1 aromatic rings. The van der Waals surface area contributed by atoms with Crippen LogP contribution < -0.4 is 5.32 Å². The lowest BCUT2D eigenvalue weighted by Gasteiger charge is -2.34. The molecule has 1 aliphatic rings. The fourth-order valence-corrected chi connectivity index (χ4v) is 2.55. The summed E-state index contributed by atoms with van der Waals surface area (Å²) >= 11 is 2.22. The summed E-state index contributed by atoms with van der Waals surface area (Å²) in [6.45, 7) is 4.65. The number of benzene rings is 1. The number of hydrogen-bond donors (Lipinski definition) is 1. The maximum absolute atomic E-state index is 12.3. The summed E-state index contributed by atoms with van der Waals surface area (Å²) in [5, 5.41) is 3.29. The number of halogens is 1. The first-order valence-corrected chi connectivity index (χ1v) is 6.54. The minimum absolute atomic E-state index is 0.152. The van der Waals surface area contributed by atoms with Crippen molar-refractivity contribution in [2.24, 2.45) is 0 Å². The SMILES string of the molecule is C[C@@H]1CNCCN1C(=O)c1ccccc1I. The van der Waals surface area contributed by atoms with E-state index in [-0.39, 0.29) is 11.9 Å². The first-order valence-electron chi connectivity index (χ1n) is 5.46. The van der Waals surface area contributed by atoms with Gasteiger partial charge in [-0.05, 0) is 41.6 Å². The Bertz CT molecular complexity index is 394. The number of rotatable bonds is 1. The highest BCUT2D eigenvalue weighted by Gasteiger charge is 2.24. The highest BCUT2D eigenvalue weighted by atomic mass is 127. The number of hydrogen-bond acceptors (Lipinski definition) is 2. The predicted octanol–water partition coefficient (Wildman–Crippen LogP) is 1.73. The van der Waals surface area contributed by atoms with Crippen molar-refractivity contribution in [3.8, 4) is 0 Å². The minimum atomic E-state index is 0.152. The maximum atomic E-state index is 12.3. The van der Waals surface area contributed by atoms with Gasteiger partial charge < -0.3 is 10.2 Å². The molecule has 0 radical (unpaired) electrons. The first-order chi connectivity index (χ1) is 7.70. The van der Waals surface area contributed by atoms with Crippen LogP contribution in [0.1, 0.15) is 17.3 Å². The van der Waals surface area contributed by atoms with Gasteiger partial charge in [0, 0.05) is 29.2 Å². The van der Waals surface area contributed by atoms with Crippen LogP contribution in [0.4, 0.5) is 0 Å². The molecular formula is C12H15IN2O. The number of piperazine rings is 1. The molecule has 3 nitrogen and oxygen atoms in total. The third-order valence-electron chi connectivity index (χ3n) is 2.87. The van der Waals surface area contributed by atoms with Crippen LogP contribution in [0, 0.1) is 3.57 Å². The minimum Gasteiger partial charge on any atom is -0.333 e. The molecule has 1 aromatic carbocycles. The van der Waals surface area contributed by atoms with Crippen LogP contribution in [0.5, 0.6) is 0 Å². The van der Waals surface area contributed by atoms with Crippen molar-refractivity contribution in [1.82, 2.24) is 10.2 Å². The second-order valence-electron chi connectivity index (χ2n) is 4.03.